The molecule has 0 aliphatic heterocycles. The van der Waals surface area contributed by atoms with Gasteiger partial charge in [0.2, 0.25) is 0 Å². The first-order chi connectivity index (χ1) is 10.9. The molecule has 0 atom stereocenters. The molecule has 3 aromatic rings. The van der Waals surface area contributed by atoms with E-state index in [0.29, 0.717) is 11.6 Å². The number of hydrogen-bond donors (Lipinski definition) is 0. The number of rotatable bonds is 5. The Kier molecular flexibility index (Phi) is 4.37. The first-order valence-corrected chi connectivity index (χ1v) is 10.2. The van der Waals surface area contributed by atoms with Gasteiger partial charge in [0, 0.05) is 24.4 Å². The van der Waals surface area contributed by atoms with Gasteiger partial charge in [0.15, 0.2) is 9.84 Å². The molecular weight excluding hydrogens is 328 g/mol. The predicted octanol–water partition coefficient (Wildman–Crippen LogP) is 3.48. The lowest BCUT2D eigenvalue weighted by Gasteiger charge is -2.18. The maximum atomic E-state index is 11.3. The monoisotopic (exact) mass is 346 g/mol. The molecule has 0 saturated carbocycles. The molecule has 1 heterocycles. The summed E-state index contributed by atoms with van der Waals surface area (Å²) >= 11 is 1.40. The van der Waals surface area contributed by atoms with Crippen molar-refractivity contribution in [2.45, 2.75) is 12.3 Å². The van der Waals surface area contributed by atoms with Gasteiger partial charge in [-0.3, -0.25) is 0 Å². The predicted molar refractivity (Wildman–Crippen MR) is 96.7 cm³/mol. The topological polar surface area (TPSA) is 50.3 Å². The number of nitrogens with zero attached hydrogens (tertiary/aromatic N) is 2. The Morgan fingerprint density at radius 2 is 1.87 bits per heavy atom. The summed E-state index contributed by atoms with van der Waals surface area (Å²) in [5, 5.41) is 4.99. The quantitative estimate of drug-likeness (QED) is 0.710. The van der Waals surface area contributed by atoms with Gasteiger partial charge in [-0.15, -0.1) is 11.3 Å². The molecule has 6 heteroatoms. The van der Waals surface area contributed by atoms with Crippen molar-refractivity contribution in [3.63, 3.8) is 0 Å². The highest BCUT2D eigenvalue weighted by Crippen LogP contribution is 2.23. The van der Waals surface area contributed by atoms with Crippen LogP contribution in [0.25, 0.3) is 10.8 Å². The van der Waals surface area contributed by atoms with Gasteiger partial charge in [0.25, 0.3) is 0 Å². The molecule has 23 heavy (non-hydrogen) atoms. The second kappa shape index (κ2) is 6.29. The van der Waals surface area contributed by atoms with Gasteiger partial charge in [-0.2, -0.15) is 0 Å². The molecule has 0 aliphatic carbocycles. The third-order valence-corrected chi connectivity index (χ3v) is 5.44. The van der Waals surface area contributed by atoms with Crippen molar-refractivity contribution < 1.29 is 8.42 Å². The van der Waals surface area contributed by atoms with Crippen molar-refractivity contribution in [3.8, 4) is 0 Å². The fraction of sp³-hybridized carbons (Fsp3) is 0.235. The summed E-state index contributed by atoms with van der Waals surface area (Å²) in [6.07, 6.45) is 1.23. The van der Waals surface area contributed by atoms with E-state index in [1.165, 1.54) is 28.4 Å². The van der Waals surface area contributed by atoms with Crippen LogP contribution in [0, 0.1) is 0 Å². The van der Waals surface area contributed by atoms with Crippen LogP contribution >= 0.6 is 11.3 Å². The zero-order valence-electron chi connectivity index (χ0n) is 13.1. The molecule has 0 amide bonds. The maximum absolute atomic E-state index is 11.3. The van der Waals surface area contributed by atoms with Crippen LogP contribution in [0.5, 0.6) is 0 Å². The Morgan fingerprint density at radius 3 is 2.61 bits per heavy atom. The van der Waals surface area contributed by atoms with Gasteiger partial charge >= 0.3 is 0 Å². The van der Waals surface area contributed by atoms with Crippen LogP contribution in [0.2, 0.25) is 0 Å². The van der Waals surface area contributed by atoms with Gasteiger partial charge in [-0.1, -0.05) is 30.3 Å². The highest BCUT2D eigenvalue weighted by atomic mass is 32.2. The lowest BCUT2D eigenvalue weighted by molar-refractivity contribution is 0.601. The van der Waals surface area contributed by atoms with Crippen LogP contribution in [0.4, 0.5) is 5.69 Å². The van der Waals surface area contributed by atoms with Gasteiger partial charge in [-0.05, 0) is 22.9 Å². The van der Waals surface area contributed by atoms with Crippen molar-refractivity contribution >= 4 is 37.6 Å². The van der Waals surface area contributed by atoms with Gasteiger partial charge in [-0.25, -0.2) is 13.4 Å². The summed E-state index contributed by atoms with van der Waals surface area (Å²) in [4.78, 5) is 6.54. The van der Waals surface area contributed by atoms with Crippen molar-refractivity contribution in [2.24, 2.45) is 0 Å². The van der Waals surface area contributed by atoms with Crippen LogP contribution in [-0.2, 0) is 22.1 Å². The minimum atomic E-state index is -3.03. The molecule has 1 aromatic heterocycles. The maximum Gasteiger partial charge on any atom is 0.153 e. The molecule has 0 fully saturated rings. The minimum Gasteiger partial charge on any atom is -0.369 e. The van der Waals surface area contributed by atoms with E-state index in [4.69, 9.17) is 0 Å². The van der Waals surface area contributed by atoms with Crippen LogP contribution in [0.3, 0.4) is 0 Å². The number of anilines is 1. The summed E-state index contributed by atoms with van der Waals surface area (Å²) in [5.74, 6) is 0.0113. The zero-order chi connectivity index (χ0) is 16.4. The summed E-state index contributed by atoms with van der Waals surface area (Å²) in [6.45, 7) is 0.651. The van der Waals surface area contributed by atoms with Crippen LogP contribution < -0.4 is 4.90 Å². The Labute approximate surface area is 140 Å². The molecule has 3 rings (SSSR count). The lowest BCUT2D eigenvalue weighted by atomic mass is 10.1. The minimum absolute atomic E-state index is 0.0113. The summed E-state index contributed by atoms with van der Waals surface area (Å²) < 4.78 is 22.7. The average molecular weight is 346 g/mol. The fourth-order valence-electron chi connectivity index (χ4n) is 2.46. The van der Waals surface area contributed by atoms with Gasteiger partial charge < -0.3 is 4.90 Å². The smallest absolute Gasteiger partial charge is 0.153 e. The van der Waals surface area contributed by atoms with E-state index in [2.05, 4.69) is 40.2 Å². The fourth-order valence-corrected chi connectivity index (χ4v) is 4.46. The number of sulfone groups is 1. The second-order valence-corrected chi connectivity index (χ2v) is 8.77. The third-order valence-electron chi connectivity index (χ3n) is 3.56. The highest BCUT2D eigenvalue weighted by molar-refractivity contribution is 7.90. The number of aromatic nitrogens is 1. The zero-order valence-corrected chi connectivity index (χ0v) is 14.7. The molecule has 0 radical (unpaired) electrons. The second-order valence-electron chi connectivity index (χ2n) is 5.69. The SMILES string of the molecule is CN(Cc1csc(CS(C)(=O)=O)n1)c1ccc2ccccc2c1. The first kappa shape index (κ1) is 16.0. The van der Waals surface area contributed by atoms with Gasteiger partial charge in [0.05, 0.1) is 12.2 Å². The summed E-state index contributed by atoms with van der Waals surface area (Å²) in [6, 6.07) is 14.6. The number of fused-ring (bicyclic) bond motifs is 1. The summed E-state index contributed by atoms with van der Waals surface area (Å²) in [7, 11) is -1.02. The van der Waals surface area contributed by atoms with E-state index in [9.17, 15) is 8.42 Å². The molecule has 0 bridgehead atoms. The Morgan fingerprint density at radius 1 is 1.13 bits per heavy atom. The number of hydrogen-bond acceptors (Lipinski definition) is 5. The van der Waals surface area contributed by atoms with Crippen LogP contribution in [0.1, 0.15) is 10.7 Å². The first-order valence-electron chi connectivity index (χ1n) is 7.22. The molecular formula is C17H18N2O2S2. The average Bonchev–Trinajstić information content (AvgIpc) is 2.91. The van der Waals surface area contributed by atoms with E-state index < -0.39 is 9.84 Å². The Bertz CT molecular complexity index is 932. The summed E-state index contributed by atoms with van der Waals surface area (Å²) in [5.41, 5.74) is 2.01. The largest absolute Gasteiger partial charge is 0.369 e. The van der Waals surface area contributed by atoms with E-state index in [1.807, 2.05) is 24.6 Å². The van der Waals surface area contributed by atoms with Crippen molar-refractivity contribution in [2.75, 3.05) is 18.2 Å². The molecule has 120 valence electrons. The molecule has 0 spiro atoms. The molecule has 0 saturated heterocycles. The molecule has 0 unspecified atom stereocenters. The highest BCUT2D eigenvalue weighted by Gasteiger charge is 2.11. The van der Waals surface area contributed by atoms with Crippen molar-refractivity contribution in [1.29, 1.82) is 0 Å². The van der Waals surface area contributed by atoms with Crippen LogP contribution in [-0.4, -0.2) is 26.7 Å². The Hall–Kier alpha value is -1.92. The third kappa shape index (κ3) is 4.09. The molecule has 0 N–H and O–H groups in total. The standard InChI is InChI=1S/C17H18N2O2S2/c1-19(10-15-11-22-17(18-15)12-23(2,20)21)16-8-7-13-5-3-4-6-14(13)9-16/h3-9,11H,10,12H2,1-2H3. The van der Waals surface area contributed by atoms with E-state index in [1.54, 1.807) is 0 Å². The van der Waals surface area contributed by atoms with E-state index >= 15 is 0 Å². The van der Waals surface area contributed by atoms with Crippen molar-refractivity contribution in [1.82, 2.24) is 4.98 Å². The normalized spacial score (nSPS) is 11.7. The van der Waals surface area contributed by atoms with E-state index in [0.717, 1.165) is 11.4 Å². The van der Waals surface area contributed by atoms with Gasteiger partial charge in [0.1, 0.15) is 10.8 Å². The molecule has 4 nitrogen and oxygen atoms in total. The van der Waals surface area contributed by atoms with Crippen LogP contribution in [0.15, 0.2) is 47.8 Å². The Balaban J connectivity index is 1.76. The number of thiazole rings is 1. The molecule has 0 aliphatic rings. The molecule has 2 aromatic carbocycles. The van der Waals surface area contributed by atoms with E-state index in [-0.39, 0.29) is 5.75 Å². The number of benzene rings is 2. The lowest BCUT2D eigenvalue weighted by Crippen LogP contribution is -2.16. The van der Waals surface area contributed by atoms with Crippen molar-refractivity contribution in [3.05, 3.63) is 58.5 Å².